The third-order valence-corrected chi connectivity index (χ3v) is 3.53. The van der Waals surface area contributed by atoms with Gasteiger partial charge in [0.25, 0.3) is 0 Å². The molecule has 2 rings (SSSR count). The smallest absolute Gasteiger partial charge is 0.303 e. The molecule has 0 aliphatic heterocycles. The first-order chi connectivity index (χ1) is 9.49. The van der Waals surface area contributed by atoms with E-state index in [0.717, 1.165) is 5.56 Å². The van der Waals surface area contributed by atoms with E-state index in [4.69, 9.17) is 16.7 Å². The quantitative estimate of drug-likeness (QED) is 0.885. The van der Waals surface area contributed by atoms with Crippen LogP contribution in [-0.4, -0.2) is 11.1 Å². The Labute approximate surface area is 121 Å². The van der Waals surface area contributed by atoms with Crippen LogP contribution in [0.1, 0.15) is 24.8 Å². The van der Waals surface area contributed by atoms with Crippen LogP contribution in [-0.2, 0) is 4.79 Å². The minimum Gasteiger partial charge on any atom is -0.481 e. The summed E-state index contributed by atoms with van der Waals surface area (Å²) in [4.78, 5) is 10.8. The second-order valence-corrected chi connectivity index (χ2v) is 5.13. The minimum absolute atomic E-state index is 0.0261. The van der Waals surface area contributed by atoms with Crippen LogP contribution < -0.4 is 0 Å². The van der Waals surface area contributed by atoms with E-state index >= 15 is 0 Å². The summed E-state index contributed by atoms with van der Waals surface area (Å²) in [7, 11) is 0. The molecular weight excluding hydrogens is 279 g/mol. The van der Waals surface area contributed by atoms with Gasteiger partial charge in [-0.15, -0.1) is 0 Å². The zero-order valence-electron chi connectivity index (χ0n) is 10.9. The molecule has 0 saturated carbocycles. The SMILES string of the molecule is CC(CC(=O)O)c1ccc(Cl)c(-c2ccccc2F)c1. The molecule has 0 aromatic heterocycles. The van der Waals surface area contributed by atoms with Crippen molar-refractivity contribution in [2.24, 2.45) is 0 Å². The van der Waals surface area contributed by atoms with Gasteiger partial charge in [0.1, 0.15) is 5.82 Å². The Morgan fingerprint density at radius 3 is 2.60 bits per heavy atom. The van der Waals surface area contributed by atoms with E-state index in [1.165, 1.54) is 6.07 Å². The second-order valence-electron chi connectivity index (χ2n) is 4.72. The first-order valence-corrected chi connectivity index (χ1v) is 6.63. The topological polar surface area (TPSA) is 37.3 Å². The zero-order valence-corrected chi connectivity index (χ0v) is 11.7. The number of carboxylic acids is 1. The number of rotatable bonds is 4. The Kier molecular flexibility index (Phi) is 4.40. The second kappa shape index (κ2) is 6.06. The first kappa shape index (κ1) is 14.5. The predicted molar refractivity (Wildman–Crippen MR) is 77.5 cm³/mol. The summed E-state index contributed by atoms with van der Waals surface area (Å²) in [5.74, 6) is -1.37. The minimum atomic E-state index is -0.861. The highest BCUT2D eigenvalue weighted by molar-refractivity contribution is 6.33. The van der Waals surface area contributed by atoms with E-state index in [-0.39, 0.29) is 18.2 Å². The lowest BCUT2D eigenvalue weighted by Gasteiger charge is -2.13. The van der Waals surface area contributed by atoms with Crippen molar-refractivity contribution in [1.29, 1.82) is 0 Å². The number of benzene rings is 2. The normalized spacial score (nSPS) is 12.2. The molecule has 0 saturated heterocycles. The fourth-order valence-corrected chi connectivity index (χ4v) is 2.33. The van der Waals surface area contributed by atoms with Crippen LogP contribution in [0.5, 0.6) is 0 Å². The number of hydrogen-bond acceptors (Lipinski definition) is 1. The molecule has 2 nitrogen and oxygen atoms in total. The summed E-state index contributed by atoms with van der Waals surface area (Å²) in [5.41, 5.74) is 1.83. The van der Waals surface area contributed by atoms with Gasteiger partial charge in [0.15, 0.2) is 0 Å². The Bertz CT molecular complexity index is 640. The van der Waals surface area contributed by atoms with Gasteiger partial charge in [-0.05, 0) is 29.7 Å². The molecule has 0 amide bonds. The van der Waals surface area contributed by atoms with E-state index in [0.29, 0.717) is 16.1 Å². The summed E-state index contributed by atoms with van der Waals surface area (Å²) < 4.78 is 13.8. The Balaban J connectivity index is 2.44. The van der Waals surface area contributed by atoms with Crippen LogP contribution >= 0.6 is 11.6 Å². The fourth-order valence-electron chi connectivity index (χ4n) is 2.12. The van der Waals surface area contributed by atoms with Crippen LogP contribution in [0.3, 0.4) is 0 Å². The van der Waals surface area contributed by atoms with Gasteiger partial charge in [-0.1, -0.05) is 42.8 Å². The maximum Gasteiger partial charge on any atom is 0.303 e. The maximum atomic E-state index is 13.8. The molecule has 2 aromatic carbocycles. The van der Waals surface area contributed by atoms with Gasteiger partial charge in [-0.3, -0.25) is 4.79 Å². The van der Waals surface area contributed by atoms with Crippen molar-refractivity contribution in [2.45, 2.75) is 19.3 Å². The number of carboxylic acid groups (broad SMARTS) is 1. The molecule has 20 heavy (non-hydrogen) atoms. The molecule has 0 heterocycles. The van der Waals surface area contributed by atoms with Crippen molar-refractivity contribution in [3.05, 3.63) is 58.9 Å². The predicted octanol–water partition coefficient (Wildman–Crippen LogP) is 4.72. The van der Waals surface area contributed by atoms with Crippen molar-refractivity contribution < 1.29 is 14.3 Å². The molecule has 1 atom stereocenters. The number of carbonyl (C=O) groups is 1. The van der Waals surface area contributed by atoms with Gasteiger partial charge < -0.3 is 5.11 Å². The van der Waals surface area contributed by atoms with Gasteiger partial charge in [0.2, 0.25) is 0 Å². The van der Waals surface area contributed by atoms with Crippen LogP contribution in [0, 0.1) is 5.82 Å². The summed E-state index contributed by atoms with van der Waals surface area (Å²) in [6.45, 7) is 1.82. The fraction of sp³-hybridized carbons (Fsp3) is 0.188. The molecule has 2 aromatic rings. The van der Waals surface area contributed by atoms with E-state index < -0.39 is 5.97 Å². The van der Waals surface area contributed by atoms with Crippen molar-refractivity contribution in [3.8, 4) is 11.1 Å². The third kappa shape index (κ3) is 3.17. The van der Waals surface area contributed by atoms with E-state index in [9.17, 15) is 9.18 Å². The molecule has 0 radical (unpaired) electrons. The Morgan fingerprint density at radius 2 is 1.95 bits per heavy atom. The summed E-state index contributed by atoms with van der Waals surface area (Å²) in [6, 6.07) is 11.6. The molecule has 0 aliphatic carbocycles. The van der Waals surface area contributed by atoms with Gasteiger partial charge in [-0.25, -0.2) is 4.39 Å². The molecule has 0 aliphatic rings. The van der Waals surface area contributed by atoms with E-state index in [1.807, 2.05) is 6.92 Å². The highest BCUT2D eigenvalue weighted by atomic mass is 35.5. The summed E-state index contributed by atoms with van der Waals surface area (Å²) in [6.07, 6.45) is 0.0261. The average molecular weight is 293 g/mol. The van der Waals surface area contributed by atoms with Gasteiger partial charge in [0.05, 0.1) is 6.42 Å². The van der Waals surface area contributed by atoms with E-state index in [1.54, 1.807) is 36.4 Å². The molecular formula is C16H14ClFO2. The number of halogens is 2. The lowest BCUT2D eigenvalue weighted by atomic mass is 9.94. The van der Waals surface area contributed by atoms with Crippen LogP contribution in [0.2, 0.25) is 5.02 Å². The average Bonchev–Trinajstić information content (AvgIpc) is 2.39. The molecule has 0 spiro atoms. The van der Waals surface area contributed by atoms with Gasteiger partial charge >= 0.3 is 5.97 Å². The Hall–Kier alpha value is -1.87. The van der Waals surface area contributed by atoms with Crippen LogP contribution in [0.15, 0.2) is 42.5 Å². The van der Waals surface area contributed by atoms with E-state index in [2.05, 4.69) is 0 Å². The van der Waals surface area contributed by atoms with Crippen molar-refractivity contribution in [3.63, 3.8) is 0 Å². The highest BCUT2D eigenvalue weighted by Gasteiger charge is 2.14. The number of hydrogen-bond donors (Lipinski definition) is 1. The monoisotopic (exact) mass is 292 g/mol. The molecule has 4 heteroatoms. The number of aliphatic carboxylic acids is 1. The summed E-state index contributed by atoms with van der Waals surface area (Å²) in [5, 5.41) is 9.29. The van der Waals surface area contributed by atoms with Crippen molar-refractivity contribution in [2.75, 3.05) is 0 Å². The van der Waals surface area contributed by atoms with Gasteiger partial charge in [-0.2, -0.15) is 0 Å². The highest BCUT2D eigenvalue weighted by Crippen LogP contribution is 2.33. The molecule has 1 unspecified atom stereocenters. The van der Waals surface area contributed by atoms with Crippen LogP contribution in [0.4, 0.5) is 4.39 Å². The molecule has 0 bridgehead atoms. The maximum absolute atomic E-state index is 13.8. The lowest BCUT2D eigenvalue weighted by molar-refractivity contribution is -0.137. The molecule has 104 valence electrons. The Morgan fingerprint density at radius 1 is 1.25 bits per heavy atom. The molecule has 1 N–H and O–H groups in total. The first-order valence-electron chi connectivity index (χ1n) is 6.25. The summed E-state index contributed by atoms with van der Waals surface area (Å²) >= 11 is 6.13. The third-order valence-electron chi connectivity index (χ3n) is 3.20. The van der Waals surface area contributed by atoms with Gasteiger partial charge in [0, 0.05) is 16.1 Å². The molecule has 0 fully saturated rings. The standard InChI is InChI=1S/C16H14ClFO2/c1-10(8-16(19)20)11-6-7-14(17)13(9-11)12-4-2-3-5-15(12)18/h2-7,9-10H,8H2,1H3,(H,19,20). The zero-order chi connectivity index (χ0) is 14.7. The van der Waals surface area contributed by atoms with Crippen molar-refractivity contribution in [1.82, 2.24) is 0 Å². The van der Waals surface area contributed by atoms with Crippen molar-refractivity contribution >= 4 is 17.6 Å². The van der Waals surface area contributed by atoms with Crippen LogP contribution in [0.25, 0.3) is 11.1 Å². The lowest BCUT2D eigenvalue weighted by Crippen LogP contribution is -2.03. The largest absolute Gasteiger partial charge is 0.481 e.